The maximum atomic E-state index is 11.1. The SMILES string of the molecule is CC1N=C(c2ccccc2O)OC1=O. The summed E-state index contributed by atoms with van der Waals surface area (Å²) in [5.74, 6) is -0.128. The minimum atomic E-state index is -0.482. The van der Waals surface area contributed by atoms with Crippen LogP contribution < -0.4 is 0 Å². The van der Waals surface area contributed by atoms with Gasteiger partial charge < -0.3 is 9.84 Å². The van der Waals surface area contributed by atoms with Crippen LogP contribution in [0, 0.1) is 0 Å². The van der Waals surface area contributed by atoms with E-state index in [4.69, 9.17) is 4.74 Å². The minimum absolute atomic E-state index is 0.0631. The summed E-state index contributed by atoms with van der Waals surface area (Å²) in [6.07, 6.45) is 0. The van der Waals surface area contributed by atoms with Crippen molar-refractivity contribution in [3.8, 4) is 5.75 Å². The highest BCUT2D eigenvalue weighted by atomic mass is 16.6. The number of nitrogens with zero attached hydrogens (tertiary/aromatic N) is 1. The Labute approximate surface area is 80.8 Å². The molecule has 0 aliphatic carbocycles. The predicted octanol–water partition coefficient (Wildman–Crippen LogP) is 1.08. The number of phenolic OH excluding ortho intramolecular Hbond substituents is 1. The number of hydrogen-bond acceptors (Lipinski definition) is 4. The number of carbonyl (C=O) groups excluding carboxylic acids is 1. The van der Waals surface area contributed by atoms with E-state index in [1.54, 1.807) is 25.1 Å². The zero-order chi connectivity index (χ0) is 10.1. The zero-order valence-corrected chi connectivity index (χ0v) is 7.60. The third-order valence-electron chi connectivity index (χ3n) is 1.98. The lowest BCUT2D eigenvalue weighted by Gasteiger charge is -2.01. The van der Waals surface area contributed by atoms with Crippen molar-refractivity contribution in [1.82, 2.24) is 0 Å². The van der Waals surface area contributed by atoms with Crippen molar-refractivity contribution in [1.29, 1.82) is 0 Å². The monoisotopic (exact) mass is 191 g/mol. The Hall–Kier alpha value is -1.84. The third kappa shape index (κ3) is 1.35. The van der Waals surface area contributed by atoms with Crippen LogP contribution in [-0.2, 0) is 9.53 Å². The molecule has 0 spiro atoms. The van der Waals surface area contributed by atoms with Crippen LogP contribution in [0.5, 0.6) is 5.75 Å². The number of para-hydroxylation sites is 1. The van der Waals surface area contributed by atoms with Gasteiger partial charge in [0.25, 0.3) is 0 Å². The van der Waals surface area contributed by atoms with Crippen LogP contribution in [0.2, 0.25) is 0 Å². The molecule has 0 saturated heterocycles. The second kappa shape index (κ2) is 3.14. The highest BCUT2D eigenvalue weighted by Crippen LogP contribution is 2.21. The van der Waals surface area contributed by atoms with Gasteiger partial charge >= 0.3 is 5.97 Å². The first-order valence-corrected chi connectivity index (χ1v) is 4.26. The first kappa shape index (κ1) is 8.74. The number of cyclic esters (lactones) is 1. The number of aliphatic imine (C=N–C) groups is 1. The molecule has 1 aliphatic rings. The molecule has 4 nitrogen and oxygen atoms in total. The van der Waals surface area contributed by atoms with E-state index in [1.165, 1.54) is 6.07 Å². The Morgan fingerprint density at radius 2 is 2.14 bits per heavy atom. The Morgan fingerprint density at radius 3 is 2.71 bits per heavy atom. The van der Waals surface area contributed by atoms with Crippen LogP contribution >= 0.6 is 0 Å². The van der Waals surface area contributed by atoms with Crippen LogP contribution in [0.15, 0.2) is 29.3 Å². The largest absolute Gasteiger partial charge is 0.507 e. The van der Waals surface area contributed by atoms with Gasteiger partial charge in [-0.2, -0.15) is 0 Å². The van der Waals surface area contributed by atoms with Crippen LogP contribution in [0.4, 0.5) is 0 Å². The molecule has 14 heavy (non-hydrogen) atoms. The molecule has 1 unspecified atom stereocenters. The lowest BCUT2D eigenvalue weighted by Crippen LogP contribution is -2.10. The average molecular weight is 191 g/mol. The number of ether oxygens (including phenoxy) is 1. The summed E-state index contributed by atoms with van der Waals surface area (Å²) in [6.45, 7) is 1.65. The topological polar surface area (TPSA) is 58.9 Å². The van der Waals surface area contributed by atoms with Crippen LogP contribution in [0.3, 0.4) is 0 Å². The first-order valence-electron chi connectivity index (χ1n) is 4.26. The second-order valence-electron chi connectivity index (χ2n) is 3.05. The number of esters is 1. The molecule has 0 radical (unpaired) electrons. The lowest BCUT2D eigenvalue weighted by molar-refractivity contribution is -0.134. The van der Waals surface area contributed by atoms with Gasteiger partial charge in [-0.25, -0.2) is 9.79 Å². The summed E-state index contributed by atoms with van der Waals surface area (Å²) in [6, 6.07) is 6.13. The molecule has 1 heterocycles. The molecule has 0 fully saturated rings. The van der Waals surface area contributed by atoms with Crippen LogP contribution in [-0.4, -0.2) is 23.0 Å². The molecule has 1 aromatic rings. The maximum Gasteiger partial charge on any atom is 0.337 e. The van der Waals surface area contributed by atoms with E-state index >= 15 is 0 Å². The quantitative estimate of drug-likeness (QED) is 0.676. The molecule has 0 bridgehead atoms. The fraction of sp³-hybridized carbons (Fsp3) is 0.200. The van der Waals surface area contributed by atoms with E-state index in [0.29, 0.717) is 5.56 Å². The van der Waals surface area contributed by atoms with Gasteiger partial charge in [0.2, 0.25) is 5.90 Å². The maximum absolute atomic E-state index is 11.1. The average Bonchev–Trinajstić information content (AvgIpc) is 2.48. The Bertz CT molecular complexity index is 412. The van der Waals surface area contributed by atoms with E-state index in [0.717, 1.165) is 0 Å². The summed E-state index contributed by atoms with van der Waals surface area (Å²) >= 11 is 0. The highest BCUT2D eigenvalue weighted by molar-refractivity contribution is 6.07. The summed E-state index contributed by atoms with van der Waals surface area (Å²) in [4.78, 5) is 15.0. The number of carbonyl (C=O) groups is 1. The molecular weight excluding hydrogens is 182 g/mol. The van der Waals surface area contributed by atoms with E-state index in [2.05, 4.69) is 4.99 Å². The number of aromatic hydroxyl groups is 1. The van der Waals surface area contributed by atoms with Gasteiger partial charge in [-0.05, 0) is 19.1 Å². The molecule has 4 heteroatoms. The van der Waals surface area contributed by atoms with Crippen molar-refractivity contribution in [2.24, 2.45) is 4.99 Å². The van der Waals surface area contributed by atoms with E-state index in [9.17, 15) is 9.90 Å². The van der Waals surface area contributed by atoms with Crippen LogP contribution in [0.1, 0.15) is 12.5 Å². The van der Waals surface area contributed by atoms with Gasteiger partial charge in [-0.3, -0.25) is 0 Å². The molecule has 0 saturated carbocycles. The van der Waals surface area contributed by atoms with Crippen molar-refractivity contribution in [3.05, 3.63) is 29.8 Å². The summed E-state index contributed by atoms with van der Waals surface area (Å²) < 4.78 is 4.89. The normalized spacial score (nSPS) is 20.5. The molecule has 0 aromatic heterocycles. The molecular formula is C10H9NO3. The van der Waals surface area contributed by atoms with Gasteiger partial charge in [-0.15, -0.1) is 0 Å². The molecule has 72 valence electrons. The van der Waals surface area contributed by atoms with Gasteiger partial charge in [0.1, 0.15) is 11.8 Å². The summed E-state index contributed by atoms with van der Waals surface area (Å²) in [5, 5.41) is 9.47. The zero-order valence-electron chi connectivity index (χ0n) is 7.60. The first-order chi connectivity index (χ1) is 6.68. The highest BCUT2D eigenvalue weighted by Gasteiger charge is 2.26. The van der Waals surface area contributed by atoms with Crippen molar-refractivity contribution in [3.63, 3.8) is 0 Å². The van der Waals surface area contributed by atoms with E-state index < -0.39 is 6.04 Å². The van der Waals surface area contributed by atoms with Crippen molar-refractivity contribution < 1.29 is 14.6 Å². The Morgan fingerprint density at radius 1 is 1.43 bits per heavy atom. The summed E-state index contributed by atoms with van der Waals surface area (Å²) in [5.41, 5.74) is 0.449. The fourth-order valence-electron chi connectivity index (χ4n) is 1.21. The summed E-state index contributed by atoms with van der Waals surface area (Å²) in [7, 11) is 0. The number of hydrogen-bond donors (Lipinski definition) is 1. The number of benzene rings is 1. The third-order valence-corrected chi connectivity index (χ3v) is 1.98. The second-order valence-corrected chi connectivity index (χ2v) is 3.05. The van der Waals surface area contributed by atoms with Crippen LogP contribution in [0.25, 0.3) is 0 Å². The molecule has 0 amide bonds. The van der Waals surface area contributed by atoms with Gasteiger partial charge in [0.15, 0.2) is 0 Å². The predicted molar refractivity (Wildman–Crippen MR) is 50.2 cm³/mol. The Kier molecular flexibility index (Phi) is 1.96. The van der Waals surface area contributed by atoms with E-state index in [-0.39, 0.29) is 17.6 Å². The molecule has 2 rings (SSSR count). The fourth-order valence-corrected chi connectivity index (χ4v) is 1.21. The Balaban J connectivity index is 2.38. The van der Waals surface area contributed by atoms with E-state index in [1.807, 2.05) is 0 Å². The van der Waals surface area contributed by atoms with Gasteiger partial charge in [-0.1, -0.05) is 12.1 Å². The van der Waals surface area contributed by atoms with Crippen molar-refractivity contribution in [2.75, 3.05) is 0 Å². The van der Waals surface area contributed by atoms with Crippen molar-refractivity contribution >= 4 is 11.9 Å². The smallest absolute Gasteiger partial charge is 0.337 e. The van der Waals surface area contributed by atoms with Gasteiger partial charge in [0, 0.05) is 0 Å². The van der Waals surface area contributed by atoms with Gasteiger partial charge in [0.05, 0.1) is 5.56 Å². The molecule has 1 aliphatic heterocycles. The number of rotatable bonds is 1. The molecule has 1 aromatic carbocycles. The number of phenols is 1. The van der Waals surface area contributed by atoms with Crippen molar-refractivity contribution in [2.45, 2.75) is 13.0 Å². The molecule has 1 N–H and O–H groups in total. The lowest BCUT2D eigenvalue weighted by atomic mass is 10.2. The minimum Gasteiger partial charge on any atom is -0.507 e. The standard InChI is InChI=1S/C10H9NO3/c1-6-10(13)14-9(11-6)7-4-2-3-5-8(7)12/h2-6,12H,1H3. The molecule has 1 atom stereocenters.